The van der Waals surface area contributed by atoms with Gasteiger partial charge in [-0.15, -0.1) is 0 Å². The molecule has 0 rings (SSSR count). The number of aliphatic carboxylic acids is 1. The van der Waals surface area contributed by atoms with Crippen molar-refractivity contribution in [1.29, 1.82) is 0 Å². The Bertz CT molecular complexity index is 399. The van der Waals surface area contributed by atoms with Crippen molar-refractivity contribution in [2.75, 3.05) is 0 Å². The summed E-state index contributed by atoms with van der Waals surface area (Å²) in [6.45, 7) is 2.24. The Kier molecular flexibility index (Phi) is 15.8. The number of carboxylic acid groups (broad SMARTS) is 1. The van der Waals surface area contributed by atoms with Gasteiger partial charge in [-0.1, -0.05) is 84.0 Å². The van der Waals surface area contributed by atoms with Crippen LogP contribution in [0.25, 0.3) is 0 Å². The van der Waals surface area contributed by atoms with Crippen LogP contribution >= 0.6 is 0 Å². The maximum absolute atomic E-state index is 11.7. The highest BCUT2D eigenvalue weighted by Crippen LogP contribution is 2.13. The second kappa shape index (κ2) is 16.9. The highest BCUT2D eigenvalue weighted by Gasteiger charge is 2.20. The largest absolute Gasteiger partial charge is 0.481 e. The molecule has 6 heteroatoms. The summed E-state index contributed by atoms with van der Waals surface area (Å²) in [5, 5.41) is 11.1. The second-order valence-corrected chi connectivity index (χ2v) is 7.11. The van der Waals surface area contributed by atoms with Crippen LogP contribution in [-0.4, -0.2) is 28.9 Å². The van der Waals surface area contributed by atoms with Crippen molar-refractivity contribution in [3.05, 3.63) is 0 Å². The van der Waals surface area contributed by atoms with Crippen LogP contribution in [-0.2, 0) is 14.4 Å². The number of carboxylic acids is 1. The number of hydrogen-bond donors (Lipinski definition) is 3. The third-order valence-electron chi connectivity index (χ3n) is 4.56. The number of hydrogen-bond acceptors (Lipinski definition) is 3. The Balaban J connectivity index is 3.47. The molecule has 1 unspecified atom stereocenters. The summed E-state index contributed by atoms with van der Waals surface area (Å²) in [7, 11) is 0. The Morgan fingerprint density at radius 1 is 0.808 bits per heavy atom. The number of carbonyl (C=O) groups excluding carboxylic acids is 2. The molecule has 0 aromatic rings. The van der Waals surface area contributed by atoms with Gasteiger partial charge in [0.1, 0.15) is 6.04 Å². The number of nitrogens with one attached hydrogen (secondary N) is 1. The van der Waals surface area contributed by atoms with Crippen LogP contribution < -0.4 is 11.1 Å². The molecule has 2 amide bonds. The maximum atomic E-state index is 11.7. The lowest BCUT2D eigenvalue weighted by Gasteiger charge is -2.13. The third kappa shape index (κ3) is 15.9. The second-order valence-electron chi connectivity index (χ2n) is 7.11. The molecular weight excluding hydrogens is 332 g/mol. The molecule has 0 saturated heterocycles. The molecule has 0 aliphatic carbocycles. The zero-order valence-corrected chi connectivity index (χ0v) is 16.4. The van der Waals surface area contributed by atoms with Gasteiger partial charge in [0.15, 0.2) is 0 Å². The normalized spacial score (nSPS) is 11.9. The van der Waals surface area contributed by atoms with E-state index in [4.69, 9.17) is 10.8 Å². The first-order valence-corrected chi connectivity index (χ1v) is 10.3. The minimum Gasteiger partial charge on any atom is -0.481 e. The fraction of sp³-hybridized carbons (Fsp3) is 0.850. The molecule has 152 valence electrons. The predicted molar refractivity (Wildman–Crippen MR) is 104 cm³/mol. The van der Waals surface area contributed by atoms with Crippen LogP contribution in [0.4, 0.5) is 0 Å². The lowest BCUT2D eigenvalue weighted by molar-refractivity contribution is -0.140. The molecule has 4 N–H and O–H groups in total. The van der Waals surface area contributed by atoms with Crippen molar-refractivity contribution in [3.8, 4) is 0 Å². The SMILES string of the molecule is CCCCCCCCCCCCCCCC(=O)NC(CC(=O)O)C(N)=O. The van der Waals surface area contributed by atoms with Crippen LogP contribution in [0.3, 0.4) is 0 Å². The van der Waals surface area contributed by atoms with E-state index in [1.165, 1.54) is 64.2 Å². The third-order valence-corrected chi connectivity index (χ3v) is 4.56. The molecule has 0 aromatic heterocycles. The van der Waals surface area contributed by atoms with E-state index in [9.17, 15) is 14.4 Å². The molecule has 0 fully saturated rings. The number of carbonyl (C=O) groups is 3. The van der Waals surface area contributed by atoms with E-state index in [1.807, 2.05) is 0 Å². The van der Waals surface area contributed by atoms with Gasteiger partial charge in [0.2, 0.25) is 11.8 Å². The monoisotopic (exact) mass is 370 g/mol. The summed E-state index contributed by atoms with van der Waals surface area (Å²) < 4.78 is 0. The van der Waals surface area contributed by atoms with E-state index >= 15 is 0 Å². The molecule has 26 heavy (non-hydrogen) atoms. The van der Waals surface area contributed by atoms with Gasteiger partial charge in [0.05, 0.1) is 6.42 Å². The van der Waals surface area contributed by atoms with Crippen molar-refractivity contribution in [3.63, 3.8) is 0 Å². The minimum atomic E-state index is -1.16. The highest BCUT2D eigenvalue weighted by molar-refractivity contribution is 5.89. The fourth-order valence-corrected chi connectivity index (χ4v) is 2.97. The fourth-order valence-electron chi connectivity index (χ4n) is 2.97. The number of amides is 2. The van der Waals surface area contributed by atoms with Crippen molar-refractivity contribution in [1.82, 2.24) is 5.32 Å². The van der Waals surface area contributed by atoms with E-state index in [0.29, 0.717) is 6.42 Å². The first-order chi connectivity index (χ1) is 12.5. The van der Waals surface area contributed by atoms with Gasteiger partial charge in [-0.25, -0.2) is 0 Å². The van der Waals surface area contributed by atoms with Crippen molar-refractivity contribution in [2.24, 2.45) is 5.73 Å². The zero-order chi connectivity index (χ0) is 19.6. The Morgan fingerprint density at radius 3 is 1.62 bits per heavy atom. The van der Waals surface area contributed by atoms with Gasteiger partial charge < -0.3 is 16.2 Å². The molecule has 0 aliphatic rings. The summed E-state index contributed by atoms with van der Waals surface area (Å²) in [5.41, 5.74) is 5.09. The Labute approximate surface area is 158 Å². The quantitative estimate of drug-likeness (QED) is 0.318. The van der Waals surface area contributed by atoms with E-state index < -0.39 is 24.3 Å². The van der Waals surface area contributed by atoms with Gasteiger partial charge in [-0.05, 0) is 6.42 Å². The molecular formula is C20H38N2O4. The van der Waals surface area contributed by atoms with E-state index in [-0.39, 0.29) is 5.91 Å². The molecule has 0 spiro atoms. The van der Waals surface area contributed by atoms with Gasteiger partial charge >= 0.3 is 5.97 Å². The average Bonchev–Trinajstić information content (AvgIpc) is 2.58. The summed E-state index contributed by atoms with van der Waals surface area (Å²) in [5.74, 6) is -2.28. The molecule has 0 aromatic carbocycles. The van der Waals surface area contributed by atoms with Crippen LogP contribution in [0.1, 0.15) is 103 Å². The number of unbranched alkanes of at least 4 members (excludes halogenated alkanes) is 12. The molecule has 0 saturated carbocycles. The topological polar surface area (TPSA) is 109 Å². The van der Waals surface area contributed by atoms with Crippen molar-refractivity contribution in [2.45, 2.75) is 109 Å². The molecule has 0 bridgehead atoms. The summed E-state index contributed by atoms with van der Waals surface area (Å²) in [6, 6.07) is -1.12. The number of rotatable bonds is 18. The standard InChI is InChI=1S/C20H38N2O4/c1-2-3-4-5-6-7-8-9-10-11-12-13-14-15-18(23)22-17(20(21)26)16-19(24)25/h17H,2-16H2,1H3,(H2,21,26)(H,22,23)(H,24,25). The number of nitrogens with two attached hydrogens (primary N) is 1. The summed E-state index contributed by atoms with van der Waals surface area (Å²) in [6.07, 6.45) is 15.9. The summed E-state index contributed by atoms with van der Waals surface area (Å²) in [4.78, 5) is 33.5. The Hall–Kier alpha value is -1.59. The molecule has 1 atom stereocenters. The lowest BCUT2D eigenvalue weighted by atomic mass is 10.0. The zero-order valence-electron chi connectivity index (χ0n) is 16.4. The predicted octanol–water partition coefficient (Wildman–Crippen LogP) is 3.91. The van der Waals surface area contributed by atoms with E-state index in [2.05, 4.69) is 12.2 Å². The van der Waals surface area contributed by atoms with E-state index in [0.717, 1.165) is 19.3 Å². The lowest BCUT2D eigenvalue weighted by Crippen LogP contribution is -2.45. The Morgan fingerprint density at radius 2 is 1.23 bits per heavy atom. The van der Waals surface area contributed by atoms with Gasteiger partial charge in [0, 0.05) is 6.42 Å². The van der Waals surface area contributed by atoms with Crippen LogP contribution in [0.15, 0.2) is 0 Å². The van der Waals surface area contributed by atoms with Crippen LogP contribution in [0, 0.1) is 0 Å². The molecule has 6 nitrogen and oxygen atoms in total. The molecule has 0 radical (unpaired) electrons. The number of primary amides is 1. The van der Waals surface area contributed by atoms with Crippen LogP contribution in [0.2, 0.25) is 0 Å². The smallest absolute Gasteiger partial charge is 0.305 e. The first kappa shape index (κ1) is 24.4. The van der Waals surface area contributed by atoms with Gasteiger partial charge in [-0.2, -0.15) is 0 Å². The van der Waals surface area contributed by atoms with Crippen LogP contribution in [0.5, 0.6) is 0 Å². The van der Waals surface area contributed by atoms with Crippen molar-refractivity contribution >= 4 is 17.8 Å². The minimum absolute atomic E-state index is 0.307. The molecule has 0 aliphatic heterocycles. The molecule has 0 heterocycles. The maximum Gasteiger partial charge on any atom is 0.305 e. The van der Waals surface area contributed by atoms with Gasteiger partial charge in [-0.3, -0.25) is 14.4 Å². The van der Waals surface area contributed by atoms with E-state index in [1.54, 1.807) is 0 Å². The van der Waals surface area contributed by atoms with Gasteiger partial charge in [0.25, 0.3) is 0 Å². The first-order valence-electron chi connectivity index (χ1n) is 10.3. The highest BCUT2D eigenvalue weighted by atomic mass is 16.4. The van der Waals surface area contributed by atoms with Crippen molar-refractivity contribution < 1.29 is 19.5 Å². The average molecular weight is 371 g/mol. The summed E-state index contributed by atoms with van der Waals surface area (Å²) >= 11 is 0.